The second-order valence-electron chi connectivity index (χ2n) is 6.90. The first-order chi connectivity index (χ1) is 14.6. The Morgan fingerprint density at radius 3 is 2.50 bits per heavy atom. The molecule has 0 saturated carbocycles. The monoisotopic (exact) mass is 447 g/mol. The molecule has 30 heavy (non-hydrogen) atoms. The van der Waals surface area contributed by atoms with Crippen LogP contribution in [0.2, 0.25) is 5.02 Å². The molecule has 2 aromatic carbocycles. The van der Waals surface area contributed by atoms with Crippen LogP contribution in [0.15, 0.2) is 36.4 Å². The first-order valence-corrected chi connectivity index (χ1v) is 10.8. The molecule has 1 saturated heterocycles. The van der Waals surface area contributed by atoms with Crippen molar-refractivity contribution >= 4 is 44.9 Å². The number of hydrogen-bond acceptors (Lipinski definition) is 6. The number of nitrogens with zero attached hydrogens (tertiary/aromatic N) is 2. The summed E-state index contributed by atoms with van der Waals surface area (Å²) in [4.78, 5) is 18.9. The van der Waals surface area contributed by atoms with Gasteiger partial charge in [0, 0.05) is 49.8 Å². The van der Waals surface area contributed by atoms with Crippen molar-refractivity contribution in [2.75, 3.05) is 32.6 Å². The standard InChI is InChI=1S/C21H22ClN3O4S/c1-27-15-10-13(11-16(12-15)28-2)23-20(26)25-8-6-14(7-9-25)29-21-24-19-17(22)4-3-5-18(19)30-21/h3-5,10-12,14H,6-9H2,1-2H3,(H,23,26). The second-order valence-corrected chi connectivity index (χ2v) is 8.30. The number of hydrogen-bond donors (Lipinski definition) is 1. The number of anilines is 1. The molecule has 2 amide bonds. The molecule has 0 atom stereocenters. The lowest BCUT2D eigenvalue weighted by molar-refractivity contribution is 0.115. The molecule has 0 radical (unpaired) electrons. The van der Waals surface area contributed by atoms with E-state index >= 15 is 0 Å². The van der Waals surface area contributed by atoms with E-state index in [1.807, 2.05) is 18.2 Å². The molecule has 0 aliphatic carbocycles. The van der Waals surface area contributed by atoms with E-state index in [0.717, 1.165) is 23.1 Å². The van der Waals surface area contributed by atoms with Crippen LogP contribution in [0.25, 0.3) is 10.2 Å². The summed E-state index contributed by atoms with van der Waals surface area (Å²) in [6, 6.07) is 10.8. The Morgan fingerprint density at radius 1 is 1.17 bits per heavy atom. The number of fused-ring (bicyclic) bond motifs is 1. The lowest BCUT2D eigenvalue weighted by Crippen LogP contribution is -2.43. The first kappa shape index (κ1) is 20.6. The van der Waals surface area contributed by atoms with Crippen LogP contribution in [0.1, 0.15) is 12.8 Å². The summed E-state index contributed by atoms with van der Waals surface area (Å²) in [7, 11) is 3.15. The van der Waals surface area contributed by atoms with E-state index in [4.69, 9.17) is 25.8 Å². The van der Waals surface area contributed by atoms with Crippen molar-refractivity contribution in [3.63, 3.8) is 0 Å². The van der Waals surface area contributed by atoms with E-state index in [2.05, 4.69) is 10.3 Å². The van der Waals surface area contributed by atoms with Gasteiger partial charge in [-0.3, -0.25) is 0 Å². The fourth-order valence-corrected chi connectivity index (χ4v) is 4.53. The number of ether oxygens (including phenoxy) is 3. The molecule has 158 valence electrons. The van der Waals surface area contributed by atoms with Crippen LogP contribution in [0, 0.1) is 0 Å². The first-order valence-electron chi connectivity index (χ1n) is 9.56. The number of nitrogens with one attached hydrogen (secondary N) is 1. The SMILES string of the molecule is COc1cc(NC(=O)N2CCC(Oc3nc4c(Cl)cccc4s3)CC2)cc(OC)c1. The molecule has 1 aliphatic rings. The number of carbonyl (C=O) groups is 1. The van der Waals surface area contributed by atoms with Gasteiger partial charge in [0.1, 0.15) is 23.1 Å². The van der Waals surface area contributed by atoms with Crippen LogP contribution >= 0.6 is 22.9 Å². The quantitative estimate of drug-likeness (QED) is 0.593. The van der Waals surface area contributed by atoms with Crippen LogP contribution < -0.4 is 19.5 Å². The molecule has 1 fully saturated rings. The van der Waals surface area contributed by atoms with Gasteiger partial charge in [-0.25, -0.2) is 9.78 Å². The number of aromatic nitrogens is 1. The maximum atomic E-state index is 12.7. The maximum absolute atomic E-state index is 12.7. The highest BCUT2D eigenvalue weighted by Crippen LogP contribution is 2.33. The summed E-state index contributed by atoms with van der Waals surface area (Å²) < 4.78 is 17.6. The number of piperidine rings is 1. The number of amides is 2. The molecule has 4 rings (SSSR count). The van der Waals surface area contributed by atoms with Crippen LogP contribution in [0.5, 0.6) is 16.7 Å². The molecular weight excluding hydrogens is 426 g/mol. The van der Waals surface area contributed by atoms with Gasteiger partial charge in [-0.15, -0.1) is 0 Å². The average Bonchev–Trinajstić information content (AvgIpc) is 3.17. The fraction of sp³-hybridized carbons (Fsp3) is 0.333. The molecule has 3 aromatic rings. The van der Waals surface area contributed by atoms with E-state index < -0.39 is 0 Å². The average molecular weight is 448 g/mol. The van der Waals surface area contributed by atoms with Crippen LogP contribution in [-0.4, -0.2) is 49.3 Å². The van der Waals surface area contributed by atoms with Crippen molar-refractivity contribution in [2.24, 2.45) is 0 Å². The predicted molar refractivity (Wildman–Crippen MR) is 118 cm³/mol. The van der Waals surface area contributed by atoms with Crippen LogP contribution in [0.4, 0.5) is 10.5 Å². The zero-order valence-corrected chi connectivity index (χ0v) is 18.3. The maximum Gasteiger partial charge on any atom is 0.321 e. The Kier molecular flexibility index (Phi) is 6.15. The molecule has 7 nitrogen and oxygen atoms in total. The van der Waals surface area contributed by atoms with Crippen LogP contribution in [-0.2, 0) is 0 Å². The topological polar surface area (TPSA) is 72.9 Å². The number of benzene rings is 2. The summed E-state index contributed by atoms with van der Waals surface area (Å²) in [5.74, 6) is 1.24. The van der Waals surface area contributed by atoms with Gasteiger partial charge >= 0.3 is 6.03 Å². The van der Waals surface area contributed by atoms with Crippen LogP contribution in [0.3, 0.4) is 0 Å². The van der Waals surface area contributed by atoms with Gasteiger partial charge < -0.3 is 24.4 Å². The fourth-order valence-electron chi connectivity index (χ4n) is 3.35. The Hall–Kier alpha value is -2.71. The summed E-state index contributed by atoms with van der Waals surface area (Å²) in [5, 5.41) is 4.15. The smallest absolute Gasteiger partial charge is 0.321 e. The summed E-state index contributed by atoms with van der Waals surface area (Å²) in [6.45, 7) is 1.20. The third kappa shape index (κ3) is 4.55. The number of likely N-dealkylation sites (tertiary alicyclic amines) is 1. The Bertz CT molecular complexity index is 1030. The number of methoxy groups -OCH3 is 2. The van der Waals surface area contributed by atoms with Crippen molar-refractivity contribution in [3.8, 4) is 16.7 Å². The highest BCUT2D eigenvalue weighted by Gasteiger charge is 2.25. The summed E-state index contributed by atoms with van der Waals surface area (Å²) >= 11 is 7.68. The van der Waals surface area contributed by atoms with Gasteiger partial charge in [0.2, 0.25) is 0 Å². The second kappa shape index (κ2) is 8.97. The van der Waals surface area contributed by atoms with Crippen molar-refractivity contribution in [3.05, 3.63) is 41.4 Å². The molecule has 0 spiro atoms. The number of carbonyl (C=O) groups excluding carboxylic acids is 1. The van der Waals surface area contributed by atoms with Crippen molar-refractivity contribution in [1.82, 2.24) is 9.88 Å². The number of thiazole rings is 1. The molecule has 9 heteroatoms. The largest absolute Gasteiger partial charge is 0.497 e. The lowest BCUT2D eigenvalue weighted by atomic mass is 10.1. The van der Waals surface area contributed by atoms with E-state index in [-0.39, 0.29) is 12.1 Å². The van der Waals surface area contributed by atoms with E-state index in [1.165, 1.54) is 11.3 Å². The molecule has 0 unspecified atom stereocenters. The van der Waals surface area contributed by atoms with Crippen molar-refractivity contribution < 1.29 is 19.0 Å². The number of halogens is 1. The minimum atomic E-state index is -0.157. The predicted octanol–water partition coefficient (Wildman–Crippen LogP) is 5.04. The Morgan fingerprint density at radius 2 is 1.87 bits per heavy atom. The van der Waals surface area contributed by atoms with Crippen molar-refractivity contribution in [2.45, 2.75) is 18.9 Å². The van der Waals surface area contributed by atoms with Gasteiger partial charge in [0.15, 0.2) is 0 Å². The summed E-state index contributed by atoms with van der Waals surface area (Å²) in [6.07, 6.45) is 1.49. The highest BCUT2D eigenvalue weighted by molar-refractivity contribution is 7.20. The lowest BCUT2D eigenvalue weighted by Gasteiger charge is -2.31. The molecular formula is C21H22ClN3O4S. The van der Waals surface area contributed by atoms with Gasteiger partial charge in [0.25, 0.3) is 5.19 Å². The minimum Gasteiger partial charge on any atom is -0.497 e. The number of para-hydroxylation sites is 1. The van der Waals surface area contributed by atoms with E-state index in [0.29, 0.717) is 40.5 Å². The normalized spacial score (nSPS) is 14.6. The van der Waals surface area contributed by atoms with Gasteiger partial charge in [-0.2, -0.15) is 0 Å². The number of urea groups is 1. The molecule has 1 N–H and O–H groups in total. The zero-order chi connectivity index (χ0) is 21.1. The van der Waals surface area contributed by atoms with Crippen molar-refractivity contribution in [1.29, 1.82) is 0 Å². The highest BCUT2D eigenvalue weighted by atomic mass is 35.5. The summed E-state index contributed by atoms with van der Waals surface area (Å²) in [5.41, 5.74) is 1.39. The molecule has 1 aliphatic heterocycles. The molecule has 2 heterocycles. The van der Waals surface area contributed by atoms with E-state index in [1.54, 1.807) is 37.3 Å². The molecule has 1 aromatic heterocycles. The minimum absolute atomic E-state index is 0.0188. The Labute approximate surface area is 183 Å². The third-order valence-corrected chi connectivity index (χ3v) is 6.17. The third-order valence-electron chi connectivity index (χ3n) is 4.95. The zero-order valence-electron chi connectivity index (χ0n) is 16.7. The van der Waals surface area contributed by atoms with Gasteiger partial charge in [-0.05, 0) is 12.1 Å². The Balaban J connectivity index is 1.33. The number of rotatable bonds is 5. The van der Waals surface area contributed by atoms with Gasteiger partial charge in [0.05, 0.1) is 23.9 Å². The van der Waals surface area contributed by atoms with Gasteiger partial charge in [-0.1, -0.05) is 29.0 Å². The van der Waals surface area contributed by atoms with E-state index in [9.17, 15) is 4.79 Å². The molecule has 0 bridgehead atoms.